The van der Waals surface area contributed by atoms with Crippen LogP contribution in [0.2, 0.25) is 0 Å². The maximum atomic E-state index is 9.60. The van der Waals surface area contributed by atoms with Crippen LogP contribution < -0.4 is 0 Å². The van der Waals surface area contributed by atoms with E-state index in [4.69, 9.17) is 0 Å². The first-order chi connectivity index (χ1) is 11.4. The Labute approximate surface area is 133 Å². The fourth-order valence-corrected chi connectivity index (χ4v) is 2.87. The summed E-state index contributed by atoms with van der Waals surface area (Å²) in [5.41, 5.74) is 4.72. The first-order valence-corrected chi connectivity index (χ1v) is 7.51. The molecule has 0 aliphatic carbocycles. The molecule has 0 fully saturated rings. The van der Waals surface area contributed by atoms with Crippen LogP contribution in [0.25, 0.3) is 16.6 Å². The molecule has 0 bridgehead atoms. The number of nitrogens with zero attached hydrogens (tertiary/aromatic N) is 3. The quantitative estimate of drug-likeness (QED) is 0.609. The van der Waals surface area contributed by atoms with Gasteiger partial charge in [-0.15, -0.1) is 5.10 Å². The number of benzene rings is 2. The minimum atomic E-state index is -0.121. The molecule has 23 heavy (non-hydrogen) atoms. The summed E-state index contributed by atoms with van der Waals surface area (Å²) >= 11 is 0. The summed E-state index contributed by atoms with van der Waals surface area (Å²) in [6.45, 7) is -0.121. The lowest BCUT2D eigenvalue weighted by atomic mass is 10.1. The molecule has 114 valence electrons. The molecule has 4 rings (SSSR count). The highest BCUT2D eigenvalue weighted by molar-refractivity contribution is 5.83. The number of fused-ring (bicyclic) bond motifs is 1. The number of nitrogens with one attached hydrogen (secondary N) is 1. The van der Waals surface area contributed by atoms with E-state index in [-0.39, 0.29) is 6.61 Å². The summed E-state index contributed by atoms with van der Waals surface area (Å²) < 4.78 is 1.80. The van der Waals surface area contributed by atoms with E-state index in [1.54, 1.807) is 4.68 Å². The SMILES string of the molecule is OCc1nnn(-c2ccccc2)c1Cc1c[nH]c2ccccc12. The Bertz CT molecular complexity index is 940. The molecule has 0 aliphatic heterocycles. The summed E-state index contributed by atoms with van der Waals surface area (Å²) in [6.07, 6.45) is 2.66. The predicted molar refractivity (Wildman–Crippen MR) is 88.4 cm³/mol. The molecule has 2 heterocycles. The van der Waals surface area contributed by atoms with Gasteiger partial charge >= 0.3 is 0 Å². The van der Waals surface area contributed by atoms with Gasteiger partial charge in [0, 0.05) is 23.5 Å². The minimum Gasteiger partial charge on any atom is -0.390 e. The van der Waals surface area contributed by atoms with Crippen LogP contribution in [0, 0.1) is 0 Å². The predicted octanol–water partition coefficient (Wildman–Crippen LogP) is 2.83. The van der Waals surface area contributed by atoms with Crippen LogP contribution >= 0.6 is 0 Å². The van der Waals surface area contributed by atoms with Crippen LogP contribution in [0.1, 0.15) is 17.0 Å². The summed E-state index contributed by atoms with van der Waals surface area (Å²) in [5, 5.41) is 19.1. The third kappa shape index (κ3) is 2.41. The maximum Gasteiger partial charge on any atom is 0.112 e. The number of hydrogen-bond acceptors (Lipinski definition) is 3. The highest BCUT2D eigenvalue weighted by Crippen LogP contribution is 2.23. The molecule has 2 aromatic heterocycles. The van der Waals surface area contributed by atoms with Gasteiger partial charge in [-0.3, -0.25) is 0 Å². The van der Waals surface area contributed by atoms with Gasteiger partial charge in [-0.25, -0.2) is 4.68 Å². The molecule has 2 N–H and O–H groups in total. The average Bonchev–Trinajstić information content (AvgIpc) is 3.20. The van der Waals surface area contributed by atoms with E-state index in [0.717, 1.165) is 22.5 Å². The van der Waals surface area contributed by atoms with E-state index in [0.29, 0.717) is 12.1 Å². The molecule has 0 amide bonds. The number of H-pyrrole nitrogens is 1. The molecule has 0 spiro atoms. The van der Waals surface area contributed by atoms with Crippen molar-refractivity contribution in [2.24, 2.45) is 0 Å². The molecule has 2 aromatic carbocycles. The molecular formula is C18H16N4O. The highest BCUT2D eigenvalue weighted by atomic mass is 16.3. The fraction of sp³-hybridized carbons (Fsp3) is 0.111. The van der Waals surface area contributed by atoms with Crippen molar-refractivity contribution in [2.45, 2.75) is 13.0 Å². The smallest absolute Gasteiger partial charge is 0.112 e. The average molecular weight is 304 g/mol. The van der Waals surface area contributed by atoms with E-state index >= 15 is 0 Å². The summed E-state index contributed by atoms with van der Waals surface area (Å²) in [6, 6.07) is 18.0. The van der Waals surface area contributed by atoms with E-state index < -0.39 is 0 Å². The van der Waals surface area contributed by atoms with E-state index in [1.165, 1.54) is 5.39 Å². The number of aliphatic hydroxyl groups is 1. The van der Waals surface area contributed by atoms with Crippen molar-refractivity contribution in [1.82, 2.24) is 20.0 Å². The maximum absolute atomic E-state index is 9.60. The van der Waals surface area contributed by atoms with Gasteiger partial charge in [-0.05, 0) is 23.8 Å². The van der Waals surface area contributed by atoms with Crippen LogP contribution in [0.4, 0.5) is 0 Å². The van der Waals surface area contributed by atoms with Crippen molar-refractivity contribution in [2.75, 3.05) is 0 Å². The summed E-state index contributed by atoms with van der Waals surface area (Å²) in [7, 11) is 0. The Balaban J connectivity index is 1.81. The van der Waals surface area contributed by atoms with Crippen molar-refractivity contribution in [3.05, 3.63) is 77.7 Å². The first-order valence-electron chi connectivity index (χ1n) is 7.51. The van der Waals surface area contributed by atoms with Gasteiger partial charge in [0.1, 0.15) is 5.69 Å². The van der Waals surface area contributed by atoms with Gasteiger partial charge in [0.15, 0.2) is 0 Å². The van der Waals surface area contributed by atoms with Gasteiger partial charge in [-0.2, -0.15) is 0 Å². The number of rotatable bonds is 4. The molecule has 0 atom stereocenters. The Hall–Kier alpha value is -2.92. The zero-order valence-electron chi connectivity index (χ0n) is 12.5. The lowest BCUT2D eigenvalue weighted by Crippen LogP contribution is -2.04. The van der Waals surface area contributed by atoms with Crippen LogP contribution in [0.5, 0.6) is 0 Å². The van der Waals surface area contributed by atoms with Gasteiger partial charge in [-0.1, -0.05) is 41.6 Å². The largest absolute Gasteiger partial charge is 0.390 e. The number of aromatic amines is 1. The second kappa shape index (κ2) is 5.70. The topological polar surface area (TPSA) is 66.7 Å². The van der Waals surface area contributed by atoms with Gasteiger partial charge in [0.25, 0.3) is 0 Å². The molecule has 0 radical (unpaired) electrons. The van der Waals surface area contributed by atoms with Crippen LogP contribution in [0.3, 0.4) is 0 Å². The Morgan fingerprint density at radius 1 is 1.00 bits per heavy atom. The van der Waals surface area contributed by atoms with Crippen molar-refractivity contribution in [1.29, 1.82) is 0 Å². The molecular weight excluding hydrogens is 288 g/mol. The Morgan fingerprint density at radius 2 is 1.78 bits per heavy atom. The molecule has 4 aromatic rings. The molecule has 0 unspecified atom stereocenters. The standard InChI is InChI=1S/C18H16N4O/c23-12-17-18(22(21-20-17)14-6-2-1-3-7-14)10-13-11-19-16-9-5-4-8-15(13)16/h1-9,11,19,23H,10,12H2. The number of aliphatic hydroxyl groups excluding tert-OH is 1. The number of para-hydroxylation sites is 2. The van der Waals surface area contributed by atoms with Crippen molar-refractivity contribution < 1.29 is 5.11 Å². The number of hydrogen-bond donors (Lipinski definition) is 2. The summed E-state index contributed by atoms with van der Waals surface area (Å²) in [4.78, 5) is 3.28. The van der Waals surface area contributed by atoms with Crippen LogP contribution in [0.15, 0.2) is 60.8 Å². The second-order valence-corrected chi connectivity index (χ2v) is 5.42. The monoisotopic (exact) mass is 304 g/mol. The van der Waals surface area contributed by atoms with E-state index in [1.807, 2.05) is 48.7 Å². The van der Waals surface area contributed by atoms with Crippen molar-refractivity contribution >= 4 is 10.9 Å². The molecule has 0 saturated heterocycles. The third-order valence-electron chi connectivity index (χ3n) is 4.03. The highest BCUT2D eigenvalue weighted by Gasteiger charge is 2.15. The fourth-order valence-electron chi connectivity index (χ4n) is 2.87. The summed E-state index contributed by atoms with van der Waals surface area (Å²) in [5.74, 6) is 0. The van der Waals surface area contributed by atoms with E-state index in [9.17, 15) is 5.11 Å². The van der Waals surface area contributed by atoms with Crippen molar-refractivity contribution in [3.8, 4) is 5.69 Å². The number of aromatic nitrogens is 4. The van der Waals surface area contributed by atoms with Crippen LogP contribution in [-0.4, -0.2) is 25.1 Å². The zero-order valence-corrected chi connectivity index (χ0v) is 12.5. The first kappa shape index (κ1) is 13.7. The lowest BCUT2D eigenvalue weighted by Gasteiger charge is -2.07. The lowest BCUT2D eigenvalue weighted by molar-refractivity contribution is 0.275. The third-order valence-corrected chi connectivity index (χ3v) is 4.03. The van der Waals surface area contributed by atoms with Gasteiger partial charge in [0.05, 0.1) is 18.0 Å². The van der Waals surface area contributed by atoms with Gasteiger partial charge < -0.3 is 10.1 Å². The van der Waals surface area contributed by atoms with E-state index in [2.05, 4.69) is 27.4 Å². The van der Waals surface area contributed by atoms with Crippen LogP contribution in [-0.2, 0) is 13.0 Å². The molecule has 0 saturated carbocycles. The zero-order chi connectivity index (χ0) is 15.6. The second-order valence-electron chi connectivity index (χ2n) is 5.42. The molecule has 0 aliphatic rings. The normalized spacial score (nSPS) is 11.2. The van der Waals surface area contributed by atoms with Gasteiger partial charge in [0.2, 0.25) is 0 Å². The van der Waals surface area contributed by atoms with Crippen molar-refractivity contribution in [3.63, 3.8) is 0 Å². The minimum absolute atomic E-state index is 0.121. The Morgan fingerprint density at radius 3 is 2.61 bits per heavy atom. The molecule has 5 heteroatoms. The Kier molecular flexibility index (Phi) is 3.40. The molecule has 5 nitrogen and oxygen atoms in total.